The molecule has 2 aromatic carbocycles. The number of oxazole rings is 1. The molecule has 0 aliphatic heterocycles. The second-order valence-electron chi connectivity index (χ2n) is 5.98. The molecule has 0 aliphatic carbocycles. The number of pyridine rings is 1. The number of carbonyl (C=O) groups is 1. The minimum atomic E-state index is -0.349. The van der Waals surface area contributed by atoms with Crippen LogP contribution in [0.4, 0.5) is 5.69 Å². The third kappa shape index (κ3) is 3.52. The Balaban J connectivity index is 1.65. The Morgan fingerprint density at radius 1 is 1.11 bits per heavy atom. The molecule has 2 aromatic heterocycles. The fourth-order valence-electron chi connectivity index (χ4n) is 2.67. The lowest BCUT2D eigenvalue weighted by molar-refractivity contribution is 0.102. The van der Waals surface area contributed by atoms with Gasteiger partial charge in [0.05, 0.1) is 16.1 Å². The van der Waals surface area contributed by atoms with E-state index in [0.717, 1.165) is 5.56 Å². The maximum absolute atomic E-state index is 12.4. The Morgan fingerprint density at radius 2 is 1.96 bits per heavy atom. The summed E-state index contributed by atoms with van der Waals surface area (Å²) >= 11 is 12.3. The summed E-state index contributed by atoms with van der Waals surface area (Å²) in [5.41, 5.74) is 3.84. The van der Waals surface area contributed by atoms with Crippen molar-refractivity contribution < 1.29 is 9.21 Å². The largest absolute Gasteiger partial charge is 0.436 e. The van der Waals surface area contributed by atoms with Crippen LogP contribution in [0.25, 0.3) is 22.6 Å². The van der Waals surface area contributed by atoms with Gasteiger partial charge in [0.25, 0.3) is 5.91 Å². The molecule has 4 rings (SSSR count). The van der Waals surface area contributed by atoms with Gasteiger partial charge in [0.1, 0.15) is 10.7 Å². The number of amides is 1. The summed E-state index contributed by atoms with van der Waals surface area (Å²) in [5, 5.41) is 3.51. The average molecular weight is 398 g/mol. The van der Waals surface area contributed by atoms with Crippen molar-refractivity contribution in [2.75, 3.05) is 5.32 Å². The predicted molar refractivity (Wildman–Crippen MR) is 106 cm³/mol. The van der Waals surface area contributed by atoms with Gasteiger partial charge >= 0.3 is 0 Å². The predicted octanol–water partition coefficient (Wildman–Crippen LogP) is 5.76. The molecule has 0 bridgehead atoms. The van der Waals surface area contributed by atoms with Crippen molar-refractivity contribution in [3.8, 4) is 11.5 Å². The molecule has 5 nitrogen and oxygen atoms in total. The molecule has 0 spiro atoms. The van der Waals surface area contributed by atoms with Gasteiger partial charge in [0.2, 0.25) is 5.89 Å². The Kier molecular flexibility index (Phi) is 4.56. The smallest absolute Gasteiger partial charge is 0.258 e. The number of rotatable bonds is 3. The minimum absolute atomic E-state index is 0.147. The number of halogens is 2. The molecule has 0 unspecified atom stereocenters. The van der Waals surface area contributed by atoms with Crippen LogP contribution in [-0.2, 0) is 0 Å². The van der Waals surface area contributed by atoms with Gasteiger partial charge in [-0.3, -0.25) is 4.79 Å². The lowest BCUT2D eigenvalue weighted by atomic mass is 10.1. The number of nitrogens with one attached hydrogen (secondary N) is 1. The van der Waals surface area contributed by atoms with Crippen LogP contribution in [0.1, 0.15) is 15.9 Å². The number of hydrogen-bond donors (Lipinski definition) is 1. The van der Waals surface area contributed by atoms with Crippen LogP contribution in [-0.4, -0.2) is 15.9 Å². The van der Waals surface area contributed by atoms with Crippen molar-refractivity contribution in [2.45, 2.75) is 6.92 Å². The van der Waals surface area contributed by atoms with Gasteiger partial charge < -0.3 is 9.73 Å². The van der Waals surface area contributed by atoms with Gasteiger partial charge in [0.15, 0.2) is 5.58 Å². The van der Waals surface area contributed by atoms with Crippen molar-refractivity contribution in [3.63, 3.8) is 0 Å². The fourth-order valence-corrected chi connectivity index (χ4v) is 3.19. The average Bonchev–Trinajstić information content (AvgIpc) is 3.05. The summed E-state index contributed by atoms with van der Waals surface area (Å²) < 4.78 is 5.80. The summed E-state index contributed by atoms with van der Waals surface area (Å²) in [6.07, 6.45) is 1.53. The number of nitrogens with zero attached hydrogens (tertiary/aromatic N) is 2. The maximum Gasteiger partial charge on any atom is 0.258 e. The van der Waals surface area contributed by atoms with Crippen LogP contribution in [0.15, 0.2) is 59.1 Å². The molecule has 27 heavy (non-hydrogen) atoms. The third-order valence-electron chi connectivity index (χ3n) is 4.00. The molecule has 0 atom stereocenters. The zero-order valence-electron chi connectivity index (χ0n) is 14.2. The fraction of sp³-hybridized carbons (Fsp3) is 0.0500. The van der Waals surface area contributed by atoms with Crippen molar-refractivity contribution in [2.24, 2.45) is 0 Å². The zero-order chi connectivity index (χ0) is 19.0. The molecular weight excluding hydrogens is 385 g/mol. The Morgan fingerprint density at radius 3 is 2.74 bits per heavy atom. The van der Waals surface area contributed by atoms with E-state index in [1.165, 1.54) is 6.20 Å². The number of aryl methyl sites for hydroxylation is 1. The summed E-state index contributed by atoms with van der Waals surface area (Å²) in [4.78, 5) is 20.8. The summed E-state index contributed by atoms with van der Waals surface area (Å²) in [5.74, 6) is 0.0755. The third-order valence-corrected chi connectivity index (χ3v) is 4.62. The molecule has 7 heteroatoms. The van der Waals surface area contributed by atoms with E-state index in [1.807, 2.05) is 25.1 Å². The van der Waals surface area contributed by atoms with E-state index in [1.54, 1.807) is 30.3 Å². The first-order chi connectivity index (χ1) is 13.0. The number of hydrogen-bond acceptors (Lipinski definition) is 4. The summed E-state index contributed by atoms with van der Waals surface area (Å²) in [6.45, 7) is 1.96. The molecule has 1 N–H and O–H groups in total. The van der Waals surface area contributed by atoms with Crippen molar-refractivity contribution in [3.05, 3.63) is 76.0 Å². The Bertz CT molecular complexity index is 1170. The Labute approximate surface area is 165 Å². The van der Waals surface area contributed by atoms with E-state index in [0.29, 0.717) is 38.8 Å². The van der Waals surface area contributed by atoms with Crippen molar-refractivity contribution >= 4 is 45.9 Å². The van der Waals surface area contributed by atoms with Gasteiger partial charge in [-0.05, 0) is 55.0 Å². The molecular formula is C20H13Cl2N3O2. The monoisotopic (exact) mass is 397 g/mol. The SMILES string of the molecule is Cc1ccc(-c2nc3cc(NC(=O)c4cccnc4Cl)ccc3o2)c(Cl)c1. The van der Waals surface area contributed by atoms with Gasteiger partial charge in [-0.2, -0.15) is 0 Å². The molecule has 0 aliphatic rings. The van der Waals surface area contributed by atoms with E-state index in [4.69, 9.17) is 27.6 Å². The standard InChI is InChI=1S/C20H13Cl2N3O2/c1-11-4-6-13(15(21)9-11)20-25-16-10-12(5-7-17(16)27-20)24-19(26)14-3-2-8-23-18(14)22/h2-10H,1H3,(H,24,26). The first-order valence-corrected chi connectivity index (χ1v) is 8.86. The highest BCUT2D eigenvalue weighted by molar-refractivity contribution is 6.33. The highest BCUT2D eigenvalue weighted by atomic mass is 35.5. The minimum Gasteiger partial charge on any atom is -0.436 e. The molecule has 2 heterocycles. The maximum atomic E-state index is 12.4. The molecule has 0 saturated heterocycles. The van der Waals surface area contributed by atoms with Gasteiger partial charge in [-0.1, -0.05) is 29.3 Å². The zero-order valence-corrected chi connectivity index (χ0v) is 15.7. The van der Waals surface area contributed by atoms with E-state index >= 15 is 0 Å². The van der Waals surface area contributed by atoms with E-state index in [-0.39, 0.29) is 11.1 Å². The van der Waals surface area contributed by atoms with E-state index in [9.17, 15) is 4.79 Å². The van der Waals surface area contributed by atoms with Crippen molar-refractivity contribution in [1.82, 2.24) is 9.97 Å². The van der Waals surface area contributed by atoms with E-state index in [2.05, 4.69) is 15.3 Å². The van der Waals surface area contributed by atoms with Gasteiger partial charge in [-0.25, -0.2) is 9.97 Å². The van der Waals surface area contributed by atoms with Crippen LogP contribution in [0, 0.1) is 6.92 Å². The van der Waals surface area contributed by atoms with Crippen LogP contribution >= 0.6 is 23.2 Å². The lowest BCUT2D eigenvalue weighted by Crippen LogP contribution is -2.12. The lowest BCUT2D eigenvalue weighted by Gasteiger charge is -2.05. The normalized spacial score (nSPS) is 10.9. The molecule has 0 radical (unpaired) electrons. The number of carbonyl (C=O) groups excluding carboxylic acids is 1. The quantitative estimate of drug-likeness (QED) is 0.446. The van der Waals surface area contributed by atoms with Gasteiger partial charge in [-0.15, -0.1) is 0 Å². The van der Waals surface area contributed by atoms with Gasteiger partial charge in [0, 0.05) is 11.9 Å². The topological polar surface area (TPSA) is 68.0 Å². The van der Waals surface area contributed by atoms with Crippen LogP contribution in [0.3, 0.4) is 0 Å². The number of anilines is 1. The Hall–Kier alpha value is -2.89. The highest BCUT2D eigenvalue weighted by Gasteiger charge is 2.14. The number of aromatic nitrogens is 2. The molecule has 0 saturated carbocycles. The first kappa shape index (κ1) is 17.5. The van der Waals surface area contributed by atoms with Crippen LogP contribution in [0.2, 0.25) is 10.2 Å². The summed E-state index contributed by atoms with van der Waals surface area (Å²) in [7, 11) is 0. The highest BCUT2D eigenvalue weighted by Crippen LogP contribution is 2.31. The van der Waals surface area contributed by atoms with Crippen LogP contribution < -0.4 is 5.32 Å². The second-order valence-corrected chi connectivity index (χ2v) is 6.75. The molecule has 4 aromatic rings. The first-order valence-electron chi connectivity index (χ1n) is 8.10. The number of benzene rings is 2. The molecule has 1 amide bonds. The van der Waals surface area contributed by atoms with Crippen molar-refractivity contribution in [1.29, 1.82) is 0 Å². The number of fused-ring (bicyclic) bond motifs is 1. The van der Waals surface area contributed by atoms with Crippen LogP contribution in [0.5, 0.6) is 0 Å². The second kappa shape index (κ2) is 7.02. The molecule has 0 fully saturated rings. The van der Waals surface area contributed by atoms with E-state index < -0.39 is 0 Å². The summed E-state index contributed by atoms with van der Waals surface area (Å²) in [6, 6.07) is 14.1. The molecule has 134 valence electrons.